The summed E-state index contributed by atoms with van der Waals surface area (Å²) in [6, 6.07) is 9.24. The maximum absolute atomic E-state index is 12.3. The highest BCUT2D eigenvalue weighted by atomic mass is 32.1. The second kappa shape index (κ2) is 4.31. The summed E-state index contributed by atoms with van der Waals surface area (Å²) in [7, 11) is 0. The first-order valence-corrected chi connectivity index (χ1v) is 6.37. The average Bonchev–Trinajstić information content (AvgIpc) is 2.84. The molecule has 0 bridgehead atoms. The maximum atomic E-state index is 12.3. The van der Waals surface area contributed by atoms with E-state index >= 15 is 0 Å². The molecule has 3 nitrogen and oxygen atoms in total. The van der Waals surface area contributed by atoms with Crippen LogP contribution in [0.5, 0.6) is 0 Å². The molecule has 0 aliphatic carbocycles. The van der Waals surface area contributed by atoms with Crippen LogP contribution in [0.25, 0.3) is 11.0 Å². The Morgan fingerprint density at radius 3 is 2.56 bits per heavy atom. The Labute approximate surface area is 108 Å². The molecule has 3 rings (SSSR count). The van der Waals surface area contributed by atoms with E-state index in [0.29, 0.717) is 5.56 Å². The Kier molecular flexibility index (Phi) is 2.64. The number of carbonyl (C=O) groups excluding carboxylic acids is 1. The molecule has 0 spiro atoms. The molecule has 0 amide bonds. The second-order valence-electron chi connectivity index (χ2n) is 4.00. The Morgan fingerprint density at radius 2 is 1.83 bits per heavy atom. The van der Waals surface area contributed by atoms with Crippen LogP contribution in [0.15, 0.2) is 42.7 Å². The van der Waals surface area contributed by atoms with Crippen molar-refractivity contribution in [1.82, 2.24) is 9.97 Å². The summed E-state index contributed by atoms with van der Waals surface area (Å²) in [6.45, 7) is 1.99. The lowest BCUT2D eigenvalue weighted by Crippen LogP contribution is -1.98. The van der Waals surface area contributed by atoms with Gasteiger partial charge in [-0.15, -0.1) is 11.3 Å². The van der Waals surface area contributed by atoms with Crippen LogP contribution in [0, 0.1) is 6.92 Å². The van der Waals surface area contributed by atoms with Crippen molar-refractivity contribution in [3.8, 4) is 0 Å². The topological polar surface area (TPSA) is 42.9 Å². The Hall–Kier alpha value is -2.07. The van der Waals surface area contributed by atoms with E-state index in [2.05, 4.69) is 9.97 Å². The van der Waals surface area contributed by atoms with Crippen molar-refractivity contribution < 1.29 is 4.79 Å². The van der Waals surface area contributed by atoms with Crippen molar-refractivity contribution in [2.45, 2.75) is 6.92 Å². The third-order valence-electron chi connectivity index (χ3n) is 2.70. The first-order chi connectivity index (χ1) is 8.74. The molecule has 3 aromatic rings. The smallest absolute Gasteiger partial charge is 0.203 e. The van der Waals surface area contributed by atoms with Crippen LogP contribution in [0.3, 0.4) is 0 Å². The van der Waals surface area contributed by atoms with Gasteiger partial charge in [-0.25, -0.2) is 0 Å². The number of nitrogens with zero attached hydrogens (tertiary/aromatic N) is 2. The molecule has 0 unspecified atom stereocenters. The first kappa shape index (κ1) is 11.0. The molecule has 0 N–H and O–H groups in total. The van der Waals surface area contributed by atoms with Crippen molar-refractivity contribution in [2.75, 3.05) is 0 Å². The van der Waals surface area contributed by atoms with Gasteiger partial charge >= 0.3 is 0 Å². The third kappa shape index (κ3) is 1.91. The predicted octanol–water partition coefficient (Wildman–Crippen LogP) is 3.23. The zero-order chi connectivity index (χ0) is 12.5. The molecule has 0 saturated carbocycles. The minimum absolute atomic E-state index is 0.0423. The lowest BCUT2D eigenvalue weighted by atomic mass is 10.1. The van der Waals surface area contributed by atoms with E-state index in [9.17, 15) is 4.79 Å². The van der Waals surface area contributed by atoms with Crippen LogP contribution in [0.2, 0.25) is 0 Å². The normalized spacial score (nSPS) is 10.7. The highest BCUT2D eigenvalue weighted by molar-refractivity contribution is 7.14. The molecule has 18 heavy (non-hydrogen) atoms. The number of hydrogen-bond donors (Lipinski definition) is 0. The molecule has 0 aliphatic rings. The van der Waals surface area contributed by atoms with Crippen molar-refractivity contribution in [2.24, 2.45) is 0 Å². The van der Waals surface area contributed by atoms with E-state index in [1.807, 2.05) is 25.1 Å². The summed E-state index contributed by atoms with van der Waals surface area (Å²) in [4.78, 5) is 22.6. The van der Waals surface area contributed by atoms with Gasteiger partial charge in [-0.1, -0.05) is 0 Å². The van der Waals surface area contributed by atoms with Gasteiger partial charge in [0.2, 0.25) is 5.78 Å². The summed E-state index contributed by atoms with van der Waals surface area (Å²) in [5.41, 5.74) is 2.21. The molecule has 0 saturated heterocycles. The average molecular weight is 254 g/mol. The quantitative estimate of drug-likeness (QED) is 0.659. The summed E-state index contributed by atoms with van der Waals surface area (Å²) in [5, 5.41) is 0. The Bertz CT molecular complexity index is 733. The van der Waals surface area contributed by atoms with Crippen LogP contribution >= 0.6 is 11.3 Å². The summed E-state index contributed by atoms with van der Waals surface area (Å²) in [6.07, 6.45) is 3.28. The summed E-state index contributed by atoms with van der Waals surface area (Å²) in [5.74, 6) is 0.0423. The lowest BCUT2D eigenvalue weighted by Gasteiger charge is -2.00. The number of ketones is 1. The van der Waals surface area contributed by atoms with Crippen molar-refractivity contribution in [3.63, 3.8) is 0 Å². The molecule has 2 heterocycles. The van der Waals surface area contributed by atoms with E-state index < -0.39 is 0 Å². The van der Waals surface area contributed by atoms with Crippen LogP contribution in [-0.4, -0.2) is 15.8 Å². The summed E-state index contributed by atoms with van der Waals surface area (Å²) >= 11 is 1.51. The SMILES string of the molecule is Cc1ccc(C(=O)c2ccc3nccnc3c2)s1. The molecule has 0 atom stereocenters. The number of fused-ring (bicyclic) bond motifs is 1. The molecule has 0 fully saturated rings. The summed E-state index contributed by atoms with van der Waals surface area (Å²) < 4.78 is 0. The number of thiophene rings is 1. The van der Waals surface area contributed by atoms with Crippen molar-refractivity contribution >= 4 is 28.2 Å². The highest BCUT2D eigenvalue weighted by Crippen LogP contribution is 2.20. The zero-order valence-electron chi connectivity index (χ0n) is 9.75. The van der Waals surface area contributed by atoms with Crippen LogP contribution in [-0.2, 0) is 0 Å². The molecule has 1 aromatic carbocycles. The number of aryl methyl sites for hydroxylation is 1. The van der Waals surface area contributed by atoms with Crippen molar-refractivity contribution in [3.05, 3.63) is 58.0 Å². The number of aromatic nitrogens is 2. The van der Waals surface area contributed by atoms with Crippen molar-refractivity contribution in [1.29, 1.82) is 0 Å². The van der Waals surface area contributed by atoms with Gasteiger partial charge in [0.15, 0.2) is 0 Å². The van der Waals surface area contributed by atoms with E-state index in [1.54, 1.807) is 24.5 Å². The van der Waals surface area contributed by atoms with Crippen LogP contribution < -0.4 is 0 Å². The Morgan fingerprint density at radius 1 is 1.06 bits per heavy atom. The number of rotatable bonds is 2. The fourth-order valence-electron chi connectivity index (χ4n) is 1.80. The minimum atomic E-state index is 0.0423. The number of benzene rings is 1. The molecular formula is C14H10N2OS. The second-order valence-corrected chi connectivity index (χ2v) is 5.29. The number of hydrogen-bond acceptors (Lipinski definition) is 4. The molecule has 88 valence electrons. The van der Waals surface area contributed by atoms with Gasteiger partial charge in [-0.05, 0) is 37.3 Å². The van der Waals surface area contributed by atoms with Gasteiger partial charge in [0.1, 0.15) is 0 Å². The van der Waals surface area contributed by atoms with Gasteiger partial charge in [0.05, 0.1) is 15.9 Å². The van der Waals surface area contributed by atoms with E-state index in [-0.39, 0.29) is 5.78 Å². The molecule has 0 radical (unpaired) electrons. The van der Waals surface area contributed by atoms with E-state index in [4.69, 9.17) is 0 Å². The fourth-order valence-corrected chi connectivity index (χ4v) is 2.63. The molecule has 0 aliphatic heterocycles. The Balaban J connectivity index is 2.06. The van der Waals surface area contributed by atoms with Crippen LogP contribution in [0.1, 0.15) is 20.1 Å². The molecular weight excluding hydrogens is 244 g/mol. The van der Waals surface area contributed by atoms with E-state index in [1.165, 1.54) is 11.3 Å². The zero-order valence-corrected chi connectivity index (χ0v) is 10.6. The van der Waals surface area contributed by atoms with Crippen LogP contribution in [0.4, 0.5) is 0 Å². The van der Waals surface area contributed by atoms with Gasteiger partial charge in [0.25, 0.3) is 0 Å². The maximum Gasteiger partial charge on any atom is 0.203 e. The minimum Gasteiger partial charge on any atom is -0.288 e. The largest absolute Gasteiger partial charge is 0.288 e. The number of carbonyl (C=O) groups is 1. The van der Waals surface area contributed by atoms with Gasteiger partial charge in [-0.2, -0.15) is 0 Å². The first-order valence-electron chi connectivity index (χ1n) is 5.56. The molecule has 2 aromatic heterocycles. The van der Waals surface area contributed by atoms with Gasteiger partial charge in [0, 0.05) is 22.8 Å². The predicted molar refractivity (Wildman–Crippen MR) is 72.0 cm³/mol. The van der Waals surface area contributed by atoms with E-state index in [0.717, 1.165) is 20.8 Å². The highest BCUT2D eigenvalue weighted by Gasteiger charge is 2.11. The standard InChI is InChI=1S/C14H10N2OS/c1-9-2-5-13(18-9)14(17)10-3-4-11-12(8-10)16-7-6-15-11/h2-8H,1H3. The lowest BCUT2D eigenvalue weighted by molar-refractivity contribution is 0.104. The van der Waals surface area contributed by atoms with Gasteiger partial charge in [-0.3, -0.25) is 14.8 Å². The monoisotopic (exact) mass is 254 g/mol. The fraction of sp³-hybridized carbons (Fsp3) is 0.0714. The molecule has 4 heteroatoms. The van der Waals surface area contributed by atoms with Gasteiger partial charge < -0.3 is 0 Å². The third-order valence-corrected chi connectivity index (χ3v) is 3.70.